The van der Waals surface area contributed by atoms with Crippen LogP contribution in [0.25, 0.3) is 38.6 Å². The van der Waals surface area contributed by atoms with Gasteiger partial charge in [-0.15, -0.1) is 0 Å². The van der Waals surface area contributed by atoms with E-state index in [2.05, 4.69) is 23.8 Å². The molecule has 9 heteroatoms. The Hall–Kier alpha value is -4.17. The number of nitrogens with zero attached hydrogens (tertiary/aromatic N) is 1. The first kappa shape index (κ1) is 26.1. The molecule has 3 aromatic carbocycles. The highest BCUT2D eigenvalue weighted by Crippen LogP contribution is 2.44. The molecule has 7 nitrogen and oxygen atoms in total. The summed E-state index contributed by atoms with van der Waals surface area (Å²) < 4.78 is 15.4. The average Bonchev–Trinajstić information content (AvgIpc) is 3.28. The largest absolute Gasteiger partial charge is 0.366 e. The number of carbonyl (C=O) groups excluding carboxylic acids is 1. The fourth-order valence-corrected chi connectivity index (χ4v) is 6.50. The lowest BCUT2D eigenvalue weighted by atomic mass is 9.79. The minimum absolute atomic E-state index is 0.0649. The standard InChI is InChI=1S/C31H28ClFN4O3/c1-14(2)16-10-11-18-23(12-16)35-28-20(29(34)38)13-21(32)25(26(18)28)17-6-5-9-24(15(17)3)37-30(39)19-7-4-8-22(33)27(19)36-31(37)40/h4-9,13-14,16,35H,10-12H2,1-3H3,(H2,34,38)(H,36,40). The molecule has 40 heavy (non-hydrogen) atoms. The first-order valence-corrected chi connectivity index (χ1v) is 13.7. The monoisotopic (exact) mass is 558 g/mol. The molecule has 2 heterocycles. The van der Waals surface area contributed by atoms with Crippen LogP contribution in [0, 0.1) is 24.6 Å². The number of carbonyl (C=O) groups is 1. The molecule has 0 spiro atoms. The molecule has 1 aliphatic rings. The highest BCUT2D eigenvalue weighted by Gasteiger charge is 2.29. The van der Waals surface area contributed by atoms with Crippen molar-refractivity contribution in [3.8, 4) is 16.8 Å². The lowest BCUT2D eigenvalue weighted by molar-refractivity contribution is 0.100. The number of benzene rings is 3. The molecule has 0 aliphatic heterocycles. The number of aryl methyl sites for hydroxylation is 1. The van der Waals surface area contributed by atoms with Crippen LogP contribution in [0.5, 0.6) is 0 Å². The molecule has 0 saturated heterocycles. The van der Waals surface area contributed by atoms with Crippen LogP contribution in [0.3, 0.4) is 0 Å². The average molecular weight is 559 g/mol. The molecule has 4 N–H and O–H groups in total. The summed E-state index contributed by atoms with van der Waals surface area (Å²) in [4.78, 5) is 45.0. The fourth-order valence-electron chi connectivity index (χ4n) is 6.19. The van der Waals surface area contributed by atoms with Gasteiger partial charge in [0.2, 0.25) is 0 Å². The minimum atomic E-state index is -0.748. The highest BCUT2D eigenvalue weighted by atomic mass is 35.5. The van der Waals surface area contributed by atoms with Gasteiger partial charge in [-0.05, 0) is 79.0 Å². The third-order valence-electron chi connectivity index (χ3n) is 8.36. The molecule has 1 aliphatic carbocycles. The summed E-state index contributed by atoms with van der Waals surface area (Å²) >= 11 is 6.89. The molecule has 1 unspecified atom stereocenters. The van der Waals surface area contributed by atoms with Crippen molar-refractivity contribution in [2.45, 2.75) is 40.0 Å². The van der Waals surface area contributed by atoms with Gasteiger partial charge in [0.15, 0.2) is 0 Å². The predicted molar refractivity (Wildman–Crippen MR) is 156 cm³/mol. The Morgan fingerprint density at radius 1 is 1.12 bits per heavy atom. The summed E-state index contributed by atoms with van der Waals surface area (Å²) in [7, 11) is 0. The molecule has 0 radical (unpaired) electrons. The van der Waals surface area contributed by atoms with Gasteiger partial charge in [-0.25, -0.2) is 13.8 Å². The topological polar surface area (TPSA) is 114 Å². The molecule has 5 aromatic rings. The lowest BCUT2D eigenvalue weighted by Crippen LogP contribution is -2.34. The van der Waals surface area contributed by atoms with Crippen LogP contribution in [-0.4, -0.2) is 20.4 Å². The highest BCUT2D eigenvalue weighted by molar-refractivity contribution is 6.36. The Morgan fingerprint density at radius 3 is 2.60 bits per heavy atom. The SMILES string of the molecule is Cc1c(-c2c(Cl)cc(C(N)=O)c3[nH]c4c(c23)CCC(C(C)C)C4)cccc1-n1c(=O)[nH]c2c(F)cccc2c1=O. The number of para-hydroxylation sites is 1. The first-order valence-electron chi connectivity index (χ1n) is 13.3. The van der Waals surface area contributed by atoms with Crippen molar-refractivity contribution in [1.82, 2.24) is 14.5 Å². The molecular formula is C31H28ClFN4O3. The van der Waals surface area contributed by atoms with E-state index in [1.54, 1.807) is 18.2 Å². The zero-order chi connectivity index (χ0) is 28.5. The summed E-state index contributed by atoms with van der Waals surface area (Å²) in [6.45, 7) is 6.24. The van der Waals surface area contributed by atoms with Crippen molar-refractivity contribution in [3.05, 3.63) is 96.5 Å². The van der Waals surface area contributed by atoms with Gasteiger partial charge in [-0.2, -0.15) is 0 Å². The smallest absolute Gasteiger partial charge is 0.333 e. The summed E-state index contributed by atoms with van der Waals surface area (Å²) in [5, 5.41) is 1.24. The van der Waals surface area contributed by atoms with Crippen molar-refractivity contribution in [3.63, 3.8) is 0 Å². The molecule has 2 aromatic heterocycles. The second-order valence-corrected chi connectivity index (χ2v) is 11.3. The van der Waals surface area contributed by atoms with E-state index in [4.69, 9.17) is 17.3 Å². The van der Waals surface area contributed by atoms with Gasteiger partial charge in [0.05, 0.1) is 27.7 Å². The number of nitrogens with one attached hydrogen (secondary N) is 2. The summed E-state index contributed by atoms with van der Waals surface area (Å²) in [6.07, 6.45) is 2.68. The van der Waals surface area contributed by atoms with E-state index in [9.17, 15) is 18.8 Å². The van der Waals surface area contributed by atoms with Crippen LogP contribution in [0.2, 0.25) is 5.02 Å². The van der Waals surface area contributed by atoms with Crippen molar-refractivity contribution in [2.75, 3.05) is 0 Å². The zero-order valence-corrected chi connectivity index (χ0v) is 23.1. The summed E-state index contributed by atoms with van der Waals surface area (Å²) in [5.41, 5.74) is 9.80. The fraction of sp³-hybridized carbons (Fsp3) is 0.258. The van der Waals surface area contributed by atoms with E-state index in [1.807, 2.05) is 13.0 Å². The molecule has 0 bridgehead atoms. The number of hydrogen-bond donors (Lipinski definition) is 3. The molecule has 0 saturated carbocycles. The van der Waals surface area contributed by atoms with Crippen molar-refractivity contribution >= 4 is 39.3 Å². The summed E-state index contributed by atoms with van der Waals surface area (Å²) in [5.74, 6) is -0.226. The van der Waals surface area contributed by atoms with E-state index >= 15 is 0 Å². The Kier molecular flexibility index (Phi) is 6.18. The molecular weight excluding hydrogens is 531 g/mol. The van der Waals surface area contributed by atoms with Gasteiger partial charge in [0.1, 0.15) is 5.82 Å². The normalized spacial score (nSPS) is 15.2. The molecule has 204 valence electrons. The van der Waals surface area contributed by atoms with Gasteiger partial charge in [0.25, 0.3) is 11.5 Å². The lowest BCUT2D eigenvalue weighted by Gasteiger charge is -2.26. The van der Waals surface area contributed by atoms with Crippen LogP contribution in [0.1, 0.15) is 47.4 Å². The first-order chi connectivity index (χ1) is 19.1. The third-order valence-corrected chi connectivity index (χ3v) is 8.66. The third kappa shape index (κ3) is 3.89. The number of amides is 1. The predicted octanol–water partition coefficient (Wildman–Crippen LogP) is 5.79. The minimum Gasteiger partial charge on any atom is -0.366 e. The number of aromatic nitrogens is 3. The number of rotatable bonds is 4. The van der Waals surface area contributed by atoms with Gasteiger partial charge in [-0.1, -0.05) is 43.6 Å². The van der Waals surface area contributed by atoms with Crippen molar-refractivity contribution < 1.29 is 9.18 Å². The van der Waals surface area contributed by atoms with Crippen LogP contribution < -0.4 is 17.0 Å². The number of primary amides is 1. The summed E-state index contributed by atoms with van der Waals surface area (Å²) in [6, 6.07) is 11.0. The van der Waals surface area contributed by atoms with E-state index in [-0.39, 0.29) is 10.9 Å². The van der Waals surface area contributed by atoms with E-state index < -0.39 is 23.0 Å². The van der Waals surface area contributed by atoms with E-state index in [1.165, 1.54) is 18.2 Å². The maximum atomic E-state index is 14.3. The van der Waals surface area contributed by atoms with Crippen LogP contribution in [0.4, 0.5) is 4.39 Å². The molecule has 0 fully saturated rings. The zero-order valence-electron chi connectivity index (χ0n) is 22.3. The van der Waals surface area contributed by atoms with Crippen molar-refractivity contribution in [1.29, 1.82) is 0 Å². The maximum Gasteiger partial charge on any atom is 0.333 e. The number of halogens is 2. The van der Waals surface area contributed by atoms with Gasteiger partial charge in [-0.3, -0.25) is 9.59 Å². The van der Waals surface area contributed by atoms with Crippen LogP contribution in [0.15, 0.2) is 52.1 Å². The quantitative estimate of drug-likeness (QED) is 0.259. The van der Waals surface area contributed by atoms with E-state index in [0.717, 1.165) is 40.5 Å². The van der Waals surface area contributed by atoms with Crippen LogP contribution >= 0.6 is 11.6 Å². The number of hydrogen-bond acceptors (Lipinski definition) is 3. The second kappa shape index (κ2) is 9.48. The van der Waals surface area contributed by atoms with Gasteiger partial charge in [0, 0.05) is 21.7 Å². The molecule has 1 amide bonds. The second-order valence-electron chi connectivity index (χ2n) is 10.9. The number of aromatic amines is 2. The Balaban J connectivity index is 1.64. The Morgan fingerprint density at radius 2 is 1.88 bits per heavy atom. The number of nitrogens with two attached hydrogens (primary N) is 1. The Bertz CT molecular complexity index is 1990. The number of fused-ring (bicyclic) bond motifs is 4. The van der Waals surface area contributed by atoms with Gasteiger partial charge >= 0.3 is 5.69 Å². The Labute approximate surface area is 233 Å². The molecule has 6 rings (SSSR count). The van der Waals surface area contributed by atoms with Crippen molar-refractivity contribution in [2.24, 2.45) is 17.6 Å². The number of H-pyrrole nitrogens is 2. The van der Waals surface area contributed by atoms with E-state index in [0.29, 0.717) is 50.3 Å². The maximum absolute atomic E-state index is 14.3. The van der Waals surface area contributed by atoms with Crippen LogP contribution in [-0.2, 0) is 12.8 Å². The van der Waals surface area contributed by atoms with Gasteiger partial charge < -0.3 is 15.7 Å². The molecule has 1 atom stereocenters.